The van der Waals surface area contributed by atoms with E-state index >= 15 is 0 Å². The van der Waals surface area contributed by atoms with Gasteiger partial charge in [-0.15, -0.1) is 0 Å². The standard InChI is InChI=1S/C19H14N2O5S2/c22-14-7-3-1-6-13(14)10-20-21-18(25)16(28-19(21)27)9-12-5-2-4-8-15(12)26-11-17(23)24/h1-10,22H,11H2,(H,23,24)/b16-9?,20-10+. The van der Waals surface area contributed by atoms with Crippen LogP contribution in [0.3, 0.4) is 0 Å². The first kappa shape index (κ1) is 19.6. The van der Waals surface area contributed by atoms with Gasteiger partial charge in [-0.25, -0.2) is 4.79 Å². The second-order valence-corrected chi connectivity index (χ2v) is 7.19. The Kier molecular flexibility index (Phi) is 6.07. The Morgan fingerprint density at radius 2 is 1.86 bits per heavy atom. The van der Waals surface area contributed by atoms with E-state index in [0.717, 1.165) is 16.8 Å². The summed E-state index contributed by atoms with van der Waals surface area (Å²) in [7, 11) is 0. The zero-order chi connectivity index (χ0) is 20.1. The van der Waals surface area contributed by atoms with Crippen molar-refractivity contribution in [2.24, 2.45) is 5.10 Å². The highest BCUT2D eigenvalue weighted by atomic mass is 32.2. The molecule has 142 valence electrons. The number of ether oxygens (including phenoxy) is 1. The van der Waals surface area contributed by atoms with E-state index in [2.05, 4.69) is 5.10 Å². The summed E-state index contributed by atoms with van der Waals surface area (Å²) < 4.78 is 5.49. The molecule has 1 aliphatic heterocycles. The summed E-state index contributed by atoms with van der Waals surface area (Å²) in [6.45, 7) is -0.489. The van der Waals surface area contributed by atoms with Crippen LogP contribution in [-0.2, 0) is 9.59 Å². The van der Waals surface area contributed by atoms with Crippen molar-refractivity contribution in [2.75, 3.05) is 6.61 Å². The van der Waals surface area contributed by atoms with Crippen molar-refractivity contribution >= 4 is 52.5 Å². The average molecular weight is 414 g/mol. The van der Waals surface area contributed by atoms with Crippen molar-refractivity contribution in [1.29, 1.82) is 0 Å². The number of hydrogen-bond donors (Lipinski definition) is 2. The molecule has 9 heteroatoms. The van der Waals surface area contributed by atoms with Crippen LogP contribution in [0.5, 0.6) is 11.5 Å². The molecule has 2 N–H and O–H groups in total. The molecule has 1 amide bonds. The van der Waals surface area contributed by atoms with E-state index in [1.165, 1.54) is 12.3 Å². The molecule has 0 aromatic heterocycles. The average Bonchev–Trinajstić information content (AvgIpc) is 2.93. The number of carboxylic acids is 1. The summed E-state index contributed by atoms with van der Waals surface area (Å²) in [5.74, 6) is -1.14. The van der Waals surface area contributed by atoms with Crippen LogP contribution in [0.25, 0.3) is 6.08 Å². The van der Waals surface area contributed by atoms with Crippen LogP contribution in [0.15, 0.2) is 58.5 Å². The fourth-order valence-electron chi connectivity index (χ4n) is 2.29. The molecule has 0 unspecified atom stereocenters. The molecule has 7 nitrogen and oxygen atoms in total. The molecule has 1 fully saturated rings. The van der Waals surface area contributed by atoms with E-state index in [1.54, 1.807) is 48.5 Å². The summed E-state index contributed by atoms with van der Waals surface area (Å²) in [6, 6.07) is 13.4. The van der Waals surface area contributed by atoms with Gasteiger partial charge in [-0.2, -0.15) is 10.1 Å². The lowest BCUT2D eigenvalue weighted by Crippen LogP contribution is -2.22. The number of carbonyl (C=O) groups is 2. The van der Waals surface area contributed by atoms with Gasteiger partial charge in [-0.1, -0.05) is 42.1 Å². The van der Waals surface area contributed by atoms with Gasteiger partial charge < -0.3 is 14.9 Å². The number of phenols is 1. The summed E-state index contributed by atoms with van der Waals surface area (Å²) >= 11 is 6.29. The van der Waals surface area contributed by atoms with Gasteiger partial charge in [0.25, 0.3) is 5.91 Å². The maximum Gasteiger partial charge on any atom is 0.341 e. The van der Waals surface area contributed by atoms with E-state index in [-0.39, 0.29) is 10.1 Å². The van der Waals surface area contributed by atoms with Crippen LogP contribution in [0.2, 0.25) is 0 Å². The molecule has 0 radical (unpaired) electrons. The number of para-hydroxylation sites is 2. The lowest BCUT2D eigenvalue weighted by Gasteiger charge is -2.08. The van der Waals surface area contributed by atoms with E-state index in [4.69, 9.17) is 22.1 Å². The maximum atomic E-state index is 12.6. The minimum Gasteiger partial charge on any atom is -0.507 e. The Balaban J connectivity index is 1.82. The number of rotatable bonds is 6. The highest BCUT2D eigenvalue weighted by Gasteiger charge is 2.32. The van der Waals surface area contributed by atoms with E-state index in [0.29, 0.717) is 21.8 Å². The summed E-state index contributed by atoms with van der Waals surface area (Å²) in [5.41, 5.74) is 1.00. The molecule has 0 atom stereocenters. The van der Waals surface area contributed by atoms with Crippen molar-refractivity contribution < 1.29 is 24.5 Å². The monoisotopic (exact) mass is 414 g/mol. The van der Waals surface area contributed by atoms with Crippen LogP contribution in [0.4, 0.5) is 0 Å². The number of amides is 1. The molecule has 0 bridgehead atoms. The summed E-state index contributed by atoms with van der Waals surface area (Å²) in [4.78, 5) is 23.7. The van der Waals surface area contributed by atoms with Gasteiger partial charge in [0.1, 0.15) is 11.5 Å². The number of thiocarbonyl (C=S) groups is 1. The zero-order valence-corrected chi connectivity index (χ0v) is 15.9. The second kappa shape index (κ2) is 8.68. The van der Waals surface area contributed by atoms with Gasteiger partial charge in [-0.3, -0.25) is 4.79 Å². The van der Waals surface area contributed by atoms with Crippen LogP contribution in [-0.4, -0.2) is 44.2 Å². The molecular formula is C19H14N2O5S2. The molecule has 1 heterocycles. The number of thioether (sulfide) groups is 1. The van der Waals surface area contributed by atoms with E-state index in [9.17, 15) is 14.7 Å². The Morgan fingerprint density at radius 3 is 2.57 bits per heavy atom. The molecular weight excluding hydrogens is 400 g/mol. The Hall–Kier alpha value is -3.17. The number of benzene rings is 2. The normalized spacial score (nSPS) is 15.6. The Morgan fingerprint density at radius 1 is 1.18 bits per heavy atom. The van der Waals surface area contributed by atoms with Gasteiger partial charge in [0, 0.05) is 11.1 Å². The summed E-state index contributed by atoms with van der Waals surface area (Å²) in [6.07, 6.45) is 2.93. The SMILES string of the molecule is O=C(O)COc1ccccc1C=C1SC(=S)N(/N=C/c2ccccc2O)C1=O. The molecule has 0 aliphatic carbocycles. The first-order chi connectivity index (χ1) is 13.5. The maximum absolute atomic E-state index is 12.6. The van der Waals surface area contributed by atoms with Gasteiger partial charge in [0.15, 0.2) is 10.9 Å². The number of hydrogen-bond acceptors (Lipinski definition) is 7. The number of nitrogens with zero attached hydrogens (tertiary/aromatic N) is 2. The minimum atomic E-state index is -1.10. The fourth-order valence-corrected chi connectivity index (χ4v) is 3.45. The molecule has 1 saturated heterocycles. The van der Waals surface area contributed by atoms with E-state index in [1.807, 2.05) is 0 Å². The van der Waals surface area contributed by atoms with Crippen molar-refractivity contribution in [3.05, 3.63) is 64.6 Å². The molecule has 0 saturated carbocycles. The van der Waals surface area contributed by atoms with Crippen LogP contribution in [0.1, 0.15) is 11.1 Å². The lowest BCUT2D eigenvalue weighted by molar-refractivity contribution is -0.139. The molecule has 3 rings (SSSR count). The third-order valence-corrected chi connectivity index (χ3v) is 4.86. The number of carbonyl (C=O) groups excluding carboxylic acids is 1. The van der Waals surface area contributed by atoms with Crippen LogP contribution >= 0.6 is 24.0 Å². The zero-order valence-electron chi connectivity index (χ0n) is 14.3. The molecule has 0 spiro atoms. The highest BCUT2D eigenvalue weighted by Crippen LogP contribution is 2.34. The Labute approximate surface area is 169 Å². The van der Waals surface area contributed by atoms with Crippen LogP contribution < -0.4 is 4.74 Å². The number of aromatic hydroxyl groups is 1. The number of phenolic OH excluding ortho intramolecular Hbond substituents is 1. The van der Waals surface area contributed by atoms with Crippen LogP contribution in [0, 0.1) is 0 Å². The predicted molar refractivity (Wildman–Crippen MR) is 110 cm³/mol. The predicted octanol–water partition coefficient (Wildman–Crippen LogP) is 3.09. The minimum absolute atomic E-state index is 0.0386. The van der Waals surface area contributed by atoms with Gasteiger partial charge in [-0.05, 0) is 36.5 Å². The quantitative estimate of drug-likeness (QED) is 0.426. The molecule has 2 aromatic carbocycles. The van der Waals surface area contributed by atoms with Crippen molar-refractivity contribution in [3.63, 3.8) is 0 Å². The largest absolute Gasteiger partial charge is 0.507 e. The van der Waals surface area contributed by atoms with Gasteiger partial charge in [0.05, 0.1) is 11.1 Å². The topological polar surface area (TPSA) is 99.4 Å². The fraction of sp³-hybridized carbons (Fsp3) is 0.0526. The third-order valence-electron chi connectivity index (χ3n) is 3.58. The number of aliphatic carboxylic acids is 1. The lowest BCUT2D eigenvalue weighted by atomic mass is 10.2. The summed E-state index contributed by atoms with van der Waals surface area (Å²) in [5, 5.41) is 23.7. The van der Waals surface area contributed by atoms with Gasteiger partial charge in [0.2, 0.25) is 0 Å². The van der Waals surface area contributed by atoms with E-state index < -0.39 is 18.5 Å². The van der Waals surface area contributed by atoms with Crippen molar-refractivity contribution in [3.8, 4) is 11.5 Å². The first-order valence-corrected chi connectivity index (χ1v) is 9.22. The first-order valence-electron chi connectivity index (χ1n) is 7.99. The second-order valence-electron chi connectivity index (χ2n) is 5.52. The van der Waals surface area contributed by atoms with Crippen molar-refractivity contribution in [2.45, 2.75) is 0 Å². The number of hydrazone groups is 1. The van der Waals surface area contributed by atoms with Gasteiger partial charge >= 0.3 is 5.97 Å². The number of carboxylic acid groups (broad SMARTS) is 1. The van der Waals surface area contributed by atoms with Crippen molar-refractivity contribution in [1.82, 2.24) is 5.01 Å². The Bertz CT molecular complexity index is 1000. The molecule has 1 aliphatic rings. The third kappa shape index (κ3) is 4.56. The molecule has 28 heavy (non-hydrogen) atoms. The molecule has 2 aromatic rings. The highest BCUT2D eigenvalue weighted by molar-refractivity contribution is 8.26. The smallest absolute Gasteiger partial charge is 0.341 e.